The van der Waals surface area contributed by atoms with Gasteiger partial charge in [-0.2, -0.15) is 0 Å². The molecule has 2 heterocycles. The molecule has 1 unspecified atom stereocenters. The van der Waals surface area contributed by atoms with E-state index in [1.807, 2.05) is 0 Å². The second-order valence-corrected chi connectivity index (χ2v) is 9.39. The van der Waals surface area contributed by atoms with Gasteiger partial charge in [-0.05, 0) is 53.4 Å². The maximum Gasteiger partial charge on any atom is 0.259 e. The molecule has 36 heavy (non-hydrogen) atoms. The maximum absolute atomic E-state index is 14.9. The summed E-state index contributed by atoms with van der Waals surface area (Å²) in [5.41, 5.74) is 0.103. The van der Waals surface area contributed by atoms with E-state index in [4.69, 9.17) is 5.14 Å². The number of benzene rings is 3. The molecule has 1 atom stereocenters. The minimum atomic E-state index is -2.88. The second-order valence-electron chi connectivity index (χ2n) is 8.71. The fourth-order valence-corrected chi connectivity index (χ4v) is 5.12. The molecule has 3 aromatic rings. The van der Waals surface area contributed by atoms with Gasteiger partial charge in [0.25, 0.3) is 6.43 Å². The van der Waals surface area contributed by atoms with Crippen LogP contribution in [0, 0.1) is 29.2 Å². The Bertz CT molecular complexity index is 1320. The number of carbonyl (C=O) groups excluding carboxylic acids is 1. The van der Waals surface area contributed by atoms with Crippen LogP contribution in [0.1, 0.15) is 5.56 Å². The van der Waals surface area contributed by atoms with Gasteiger partial charge in [0.15, 0.2) is 0 Å². The van der Waals surface area contributed by atoms with Crippen LogP contribution in [0.25, 0.3) is 11.1 Å². The van der Waals surface area contributed by atoms with Crippen LogP contribution in [0.3, 0.4) is 0 Å². The van der Waals surface area contributed by atoms with Crippen molar-refractivity contribution in [2.75, 3.05) is 22.9 Å². The van der Waals surface area contributed by atoms with E-state index < -0.39 is 47.6 Å². The maximum atomic E-state index is 14.9. The van der Waals surface area contributed by atoms with Crippen molar-refractivity contribution in [1.29, 1.82) is 0 Å². The number of rotatable bonds is 5. The van der Waals surface area contributed by atoms with Crippen LogP contribution in [-0.4, -0.2) is 31.5 Å². The van der Waals surface area contributed by atoms with Crippen molar-refractivity contribution < 1.29 is 31.1 Å². The second kappa shape index (κ2) is 9.36. The molecule has 188 valence electrons. The van der Waals surface area contributed by atoms with Gasteiger partial charge in [0.2, 0.25) is 5.91 Å². The van der Waals surface area contributed by atoms with E-state index in [1.165, 1.54) is 29.2 Å². The SMILES string of the molecule is NSc1cc2c(cc1F)CC(C(F)F)N2C(=O)C1CN(c2c(F)cc(-c3ccccc3F)cc2F)C1. The van der Waals surface area contributed by atoms with Crippen molar-refractivity contribution in [3.63, 3.8) is 0 Å². The lowest BCUT2D eigenvalue weighted by atomic mass is 9.95. The van der Waals surface area contributed by atoms with E-state index >= 15 is 0 Å². The molecule has 1 fully saturated rings. The van der Waals surface area contributed by atoms with Crippen molar-refractivity contribution in [1.82, 2.24) is 0 Å². The molecule has 5 rings (SSSR count). The van der Waals surface area contributed by atoms with Gasteiger partial charge in [0.05, 0.1) is 10.8 Å². The van der Waals surface area contributed by atoms with Crippen molar-refractivity contribution in [3.8, 4) is 11.1 Å². The van der Waals surface area contributed by atoms with Gasteiger partial charge in [-0.15, -0.1) is 0 Å². The number of anilines is 2. The molecule has 0 spiro atoms. The molecule has 2 aliphatic rings. The quantitative estimate of drug-likeness (QED) is 0.353. The van der Waals surface area contributed by atoms with Gasteiger partial charge < -0.3 is 9.80 Å². The van der Waals surface area contributed by atoms with Crippen molar-refractivity contribution >= 4 is 29.2 Å². The lowest BCUT2D eigenvalue weighted by Crippen LogP contribution is -2.57. The fourth-order valence-electron chi connectivity index (χ4n) is 4.77. The van der Waals surface area contributed by atoms with E-state index in [0.717, 1.165) is 23.1 Å². The number of carbonyl (C=O) groups is 1. The Morgan fingerprint density at radius 1 is 0.944 bits per heavy atom. The van der Waals surface area contributed by atoms with Crippen molar-refractivity contribution in [2.24, 2.45) is 11.1 Å². The lowest BCUT2D eigenvalue weighted by molar-refractivity contribution is -0.124. The van der Waals surface area contributed by atoms with Gasteiger partial charge >= 0.3 is 0 Å². The zero-order chi connectivity index (χ0) is 25.7. The summed E-state index contributed by atoms with van der Waals surface area (Å²) in [6.45, 7) is -0.208. The van der Waals surface area contributed by atoms with Gasteiger partial charge in [-0.3, -0.25) is 9.93 Å². The summed E-state index contributed by atoms with van der Waals surface area (Å²) in [5, 5.41) is 5.45. The van der Waals surface area contributed by atoms with Crippen LogP contribution in [0.2, 0.25) is 0 Å². The van der Waals surface area contributed by atoms with Gasteiger partial charge in [-0.25, -0.2) is 26.3 Å². The molecule has 11 heteroatoms. The number of alkyl halides is 2. The van der Waals surface area contributed by atoms with Crippen LogP contribution < -0.4 is 14.9 Å². The van der Waals surface area contributed by atoms with Gasteiger partial charge in [0, 0.05) is 30.8 Å². The van der Waals surface area contributed by atoms with Crippen LogP contribution in [-0.2, 0) is 11.2 Å². The summed E-state index contributed by atoms with van der Waals surface area (Å²) in [6.07, 6.45) is -3.10. The molecular weight excluding hydrogens is 504 g/mol. The first kappa shape index (κ1) is 24.5. The first-order chi connectivity index (χ1) is 17.2. The number of hydrogen-bond donors (Lipinski definition) is 1. The summed E-state index contributed by atoms with van der Waals surface area (Å²) in [5.74, 6) is -4.61. The summed E-state index contributed by atoms with van der Waals surface area (Å²) in [7, 11) is 0. The third-order valence-corrected chi connectivity index (χ3v) is 7.12. The summed E-state index contributed by atoms with van der Waals surface area (Å²) >= 11 is 0.599. The highest BCUT2D eigenvalue weighted by atomic mass is 32.2. The van der Waals surface area contributed by atoms with Crippen LogP contribution >= 0.6 is 11.9 Å². The number of amides is 1. The first-order valence-corrected chi connectivity index (χ1v) is 11.9. The average Bonchev–Trinajstić information content (AvgIpc) is 3.17. The molecule has 1 saturated heterocycles. The lowest BCUT2D eigenvalue weighted by Gasteiger charge is -2.42. The highest BCUT2D eigenvalue weighted by molar-refractivity contribution is 7.97. The van der Waals surface area contributed by atoms with Gasteiger partial charge in [-0.1, -0.05) is 18.2 Å². The number of nitrogens with two attached hydrogens (primary N) is 1. The van der Waals surface area contributed by atoms with Crippen molar-refractivity contribution in [2.45, 2.75) is 23.8 Å². The molecule has 0 bridgehead atoms. The number of halogens is 6. The van der Waals surface area contributed by atoms with Crippen molar-refractivity contribution in [3.05, 3.63) is 77.4 Å². The zero-order valence-electron chi connectivity index (χ0n) is 18.5. The highest BCUT2D eigenvalue weighted by Gasteiger charge is 2.45. The molecule has 3 aromatic carbocycles. The fraction of sp³-hybridized carbons (Fsp3) is 0.240. The standard InChI is InChI=1S/C25H19F6N3OS/c26-16-4-2-1-3-15(16)12-5-18(28)23(19(29)6-12)33-10-14(11-33)25(35)34-20-9-22(36-32)17(27)7-13(20)8-21(34)24(30)31/h1-7,9,14,21,24H,8,10-11,32H2. The third kappa shape index (κ3) is 4.09. The topological polar surface area (TPSA) is 49.6 Å². The minimum Gasteiger partial charge on any atom is -0.365 e. The summed E-state index contributed by atoms with van der Waals surface area (Å²) < 4.78 is 85.5. The number of fused-ring (bicyclic) bond motifs is 1. The summed E-state index contributed by atoms with van der Waals surface area (Å²) in [6, 6.07) is 8.49. The molecule has 4 nitrogen and oxygen atoms in total. The summed E-state index contributed by atoms with van der Waals surface area (Å²) in [4.78, 5) is 15.5. The number of nitrogens with zero attached hydrogens (tertiary/aromatic N) is 2. The van der Waals surface area contributed by atoms with E-state index in [-0.39, 0.29) is 52.5 Å². The smallest absolute Gasteiger partial charge is 0.259 e. The Hall–Kier alpha value is -3.18. The first-order valence-electron chi connectivity index (χ1n) is 11.0. The predicted molar refractivity (Wildman–Crippen MR) is 125 cm³/mol. The van der Waals surface area contributed by atoms with E-state index in [9.17, 15) is 31.1 Å². The Balaban J connectivity index is 1.37. The third-order valence-electron chi connectivity index (χ3n) is 6.56. The average molecular weight is 524 g/mol. The molecule has 0 aliphatic carbocycles. The van der Waals surface area contributed by atoms with E-state index in [1.54, 1.807) is 6.07 Å². The molecule has 1 amide bonds. The van der Waals surface area contributed by atoms with Crippen LogP contribution in [0.5, 0.6) is 0 Å². The normalized spacial score (nSPS) is 17.5. The van der Waals surface area contributed by atoms with E-state index in [0.29, 0.717) is 11.9 Å². The predicted octanol–water partition coefficient (Wildman–Crippen LogP) is 5.54. The molecule has 0 saturated carbocycles. The molecular formula is C25H19F6N3OS. The largest absolute Gasteiger partial charge is 0.365 e. The highest BCUT2D eigenvalue weighted by Crippen LogP contribution is 2.41. The van der Waals surface area contributed by atoms with Crippen LogP contribution in [0.15, 0.2) is 53.4 Å². The molecule has 0 radical (unpaired) electrons. The molecule has 0 aromatic heterocycles. The Labute approximate surface area is 206 Å². The minimum absolute atomic E-state index is 0.00999. The van der Waals surface area contributed by atoms with E-state index in [2.05, 4.69) is 0 Å². The molecule has 2 aliphatic heterocycles. The Morgan fingerprint density at radius 3 is 2.22 bits per heavy atom. The Kier molecular flexibility index (Phi) is 6.37. The molecule has 2 N–H and O–H groups in total. The zero-order valence-corrected chi connectivity index (χ0v) is 19.3. The Morgan fingerprint density at radius 2 is 1.61 bits per heavy atom. The van der Waals surface area contributed by atoms with Crippen LogP contribution in [0.4, 0.5) is 37.7 Å². The van der Waals surface area contributed by atoms with Gasteiger partial charge in [0.1, 0.15) is 35.0 Å². The number of hydrogen-bond acceptors (Lipinski definition) is 4. The monoisotopic (exact) mass is 523 g/mol.